The molecule has 0 spiro atoms. The van der Waals surface area contributed by atoms with Crippen molar-refractivity contribution >= 4 is 11.9 Å². The first-order chi connectivity index (χ1) is 9.32. The van der Waals surface area contributed by atoms with Gasteiger partial charge in [0.05, 0.1) is 11.7 Å². The summed E-state index contributed by atoms with van der Waals surface area (Å²) in [6, 6.07) is 4.38. The molecule has 0 aliphatic rings. The normalized spacial score (nSPS) is 13.6. The highest BCUT2D eigenvalue weighted by atomic mass is 16.4. The van der Waals surface area contributed by atoms with Gasteiger partial charge in [-0.3, -0.25) is 4.79 Å². The van der Waals surface area contributed by atoms with Crippen LogP contribution in [0.25, 0.3) is 0 Å². The molecule has 0 aliphatic carbocycles. The van der Waals surface area contributed by atoms with Crippen LogP contribution in [-0.4, -0.2) is 39.8 Å². The molecule has 1 rings (SSSR count). The Labute approximate surface area is 117 Å². The molecule has 0 saturated carbocycles. The minimum atomic E-state index is -1.19. The molecular formula is C14H19NO5. The molecule has 2 unspecified atom stereocenters. The van der Waals surface area contributed by atoms with Crippen LogP contribution in [0.5, 0.6) is 0 Å². The Kier molecular flexibility index (Phi) is 5.66. The summed E-state index contributed by atoms with van der Waals surface area (Å²) in [5.41, 5.74) is 1.13. The number of hydrogen-bond donors (Lipinski definition) is 4. The molecule has 0 saturated heterocycles. The molecule has 0 aromatic heterocycles. The number of aliphatic hydroxyl groups excluding tert-OH is 2. The second-order valence-corrected chi connectivity index (χ2v) is 4.66. The number of rotatable bonds is 6. The van der Waals surface area contributed by atoms with Gasteiger partial charge in [-0.2, -0.15) is 0 Å². The standard InChI is InChI=1S/C14H19NO5/c1-8-3-4-10(14(19)20)7-11(8)13(18)12(17)5-6-15-9(2)16/h3-4,7,12-13,17-18H,5-6H2,1-2H3,(H,15,16)(H,19,20). The van der Waals surface area contributed by atoms with Gasteiger partial charge in [0.25, 0.3) is 0 Å². The summed E-state index contributed by atoms with van der Waals surface area (Å²) in [4.78, 5) is 21.6. The molecular weight excluding hydrogens is 262 g/mol. The predicted molar refractivity (Wildman–Crippen MR) is 72.4 cm³/mol. The van der Waals surface area contributed by atoms with E-state index in [0.29, 0.717) is 11.1 Å². The van der Waals surface area contributed by atoms with Gasteiger partial charge in [-0.1, -0.05) is 6.07 Å². The van der Waals surface area contributed by atoms with Crippen molar-refractivity contribution in [2.45, 2.75) is 32.5 Å². The summed E-state index contributed by atoms with van der Waals surface area (Å²) in [5, 5.41) is 31.4. The minimum absolute atomic E-state index is 0.0544. The van der Waals surface area contributed by atoms with Crippen molar-refractivity contribution in [2.24, 2.45) is 0 Å². The number of hydrogen-bond acceptors (Lipinski definition) is 4. The molecule has 0 aliphatic heterocycles. The average molecular weight is 281 g/mol. The molecule has 2 atom stereocenters. The van der Waals surface area contributed by atoms with Gasteiger partial charge in [-0.25, -0.2) is 4.79 Å². The summed E-state index contributed by atoms with van der Waals surface area (Å²) < 4.78 is 0. The first-order valence-electron chi connectivity index (χ1n) is 6.27. The van der Waals surface area contributed by atoms with Crippen LogP contribution >= 0.6 is 0 Å². The number of aliphatic hydroxyl groups is 2. The number of carbonyl (C=O) groups is 2. The fourth-order valence-electron chi connectivity index (χ4n) is 1.85. The Balaban J connectivity index is 2.79. The Morgan fingerprint density at radius 2 is 1.95 bits per heavy atom. The van der Waals surface area contributed by atoms with Gasteiger partial charge in [0, 0.05) is 13.5 Å². The van der Waals surface area contributed by atoms with Crippen molar-refractivity contribution in [1.29, 1.82) is 0 Å². The van der Waals surface area contributed by atoms with E-state index in [-0.39, 0.29) is 24.4 Å². The SMILES string of the molecule is CC(=O)NCCC(O)C(O)c1cc(C(=O)O)ccc1C. The van der Waals surface area contributed by atoms with E-state index in [1.165, 1.54) is 19.1 Å². The Morgan fingerprint density at radius 1 is 1.30 bits per heavy atom. The van der Waals surface area contributed by atoms with Gasteiger partial charge in [0.1, 0.15) is 6.10 Å². The van der Waals surface area contributed by atoms with Crippen molar-refractivity contribution in [3.8, 4) is 0 Å². The van der Waals surface area contributed by atoms with Crippen LogP contribution in [0, 0.1) is 6.92 Å². The van der Waals surface area contributed by atoms with Crippen molar-refractivity contribution in [3.05, 3.63) is 34.9 Å². The van der Waals surface area contributed by atoms with E-state index >= 15 is 0 Å². The number of carbonyl (C=O) groups excluding carboxylic acids is 1. The molecule has 1 aromatic carbocycles. The summed E-state index contributed by atoms with van der Waals surface area (Å²) in [5.74, 6) is -1.30. The van der Waals surface area contributed by atoms with E-state index in [4.69, 9.17) is 5.11 Å². The number of aryl methyl sites for hydroxylation is 1. The molecule has 1 amide bonds. The monoisotopic (exact) mass is 281 g/mol. The van der Waals surface area contributed by atoms with E-state index in [1.54, 1.807) is 13.0 Å². The molecule has 6 nitrogen and oxygen atoms in total. The van der Waals surface area contributed by atoms with Gasteiger partial charge in [0.2, 0.25) is 5.91 Å². The third-order valence-electron chi connectivity index (χ3n) is 3.02. The highest BCUT2D eigenvalue weighted by molar-refractivity contribution is 5.87. The maximum Gasteiger partial charge on any atom is 0.335 e. The maximum atomic E-state index is 10.9. The molecule has 110 valence electrons. The van der Waals surface area contributed by atoms with Crippen molar-refractivity contribution in [2.75, 3.05) is 6.54 Å². The first kappa shape index (κ1) is 16.1. The molecule has 6 heteroatoms. The predicted octanol–water partition coefficient (Wildman–Crippen LogP) is 0.614. The summed E-state index contributed by atoms with van der Waals surface area (Å²) >= 11 is 0. The number of aromatic carboxylic acids is 1. The van der Waals surface area contributed by atoms with Gasteiger partial charge in [0.15, 0.2) is 0 Å². The molecule has 0 bridgehead atoms. The van der Waals surface area contributed by atoms with Gasteiger partial charge >= 0.3 is 5.97 Å². The van der Waals surface area contributed by atoms with Crippen LogP contribution in [0.1, 0.15) is 40.9 Å². The molecule has 0 radical (unpaired) electrons. The lowest BCUT2D eigenvalue weighted by molar-refractivity contribution is -0.119. The van der Waals surface area contributed by atoms with Crippen molar-refractivity contribution in [1.82, 2.24) is 5.32 Å². The molecule has 0 heterocycles. The van der Waals surface area contributed by atoms with E-state index in [1.807, 2.05) is 0 Å². The summed E-state index contributed by atoms with van der Waals surface area (Å²) in [7, 11) is 0. The topological polar surface area (TPSA) is 107 Å². The summed E-state index contributed by atoms with van der Waals surface area (Å²) in [6.07, 6.45) is -2.09. The molecule has 20 heavy (non-hydrogen) atoms. The fraction of sp³-hybridized carbons (Fsp3) is 0.429. The Bertz CT molecular complexity index is 500. The van der Waals surface area contributed by atoms with E-state index in [0.717, 1.165) is 0 Å². The Hall–Kier alpha value is -1.92. The largest absolute Gasteiger partial charge is 0.478 e. The van der Waals surface area contributed by atoms with Crippen molar-refractivity contribution < 1.29 is 24.9 Å². The lowest BCUT2D eigenvalue weighted by atomic mass is 9.96. The zero-order valence-corrected chi connectivity index (χ0v) is 11.5. The number of nitrogens with one attached hydrogen (secondary N) is 1. The molecule has 1 aromatic rings. The lowest BCUT2D eigenvalue weighted by Crippen LogP contribution is -2.28. The van der Waals surface area contributed by atoms with Crippen LogP contribution in [-0.2, 0) is 4.79 Å². The zero-order chi connectivity index (χ0) is 15.3. The fourth-order valence-corrected chi connectivity index (χ4v) is 1.85. The maximum absolute atomic E-state index is 10.9. The van der Waals surface area contributed by atoms with Gasteiger partial charge in [-0.05, 0) is 36.6 Å². The zero-order valence-electron chi connectivity index (χ0n) is 11.5. The van der Waals surface area contributed by atoms with Crippen LogP contribution < -0.4 is 5.32 Å². The quantitative estimate of drug-likeness (QED) is 0.611. The van der Waals surface area contributed by atoms with Crippen LogP contribution in [0.3, 0.4) is 0 Å². The van der Waals surface area contributed by atoms with Crippen LogP contribution in [0.2, 0.25) is 0 Å². The lowest BCUT2D eigenvalue weighted by Gasteiger charge is -2.20. The van der Waals surface area contributed by atoms with Crippen LogP contribution in [0.15, 0.2) is 18.2 Å². The smallest absolute Gasteiger partial charge is 0.335 e. The average Bonchev–Trinajstić information content (AvgIpc) is 2.37. The molecule has 4 N–H and O–H groups in total. The first-order valence-corrected chi connectivity index (χ1v) is 6.27. The Morgan fingerprint density at radius 3 is 2.50 bits per heavy atom. The highest BCUT2D eigenvalue weighted by Gasteiger charge is 2.21. The third-order valence-corrected chi connectivity index (χ3v) is 3.02. The minimum Gasteiger partial charge on any atom is -0.478 e. The van der Waals surface area contributed by atoms with E-state index in [9.17, 15) is 19.8 Å². The summed E-state index contributed by atoms with van der Waals surface area (Å²) in [6.45, 7) is 3.33. The highest BCUT2D eigenvalue weighted by Crippen LogP contribution is 2.23. The third kappa shape index (κ3) is 4.32. The number of benzene rings is 1. The molecule has 0 fully saturated rings. The number of carboxylic acid groups (broad SMARTS) is 1. The second kappa shape index (κ2) is 7.02. The number of amides is 1. The van der Waals surface area contributed by atoms with Gasteiger partial charge in [-0.15, -0.1) is 0 Å². The van der Waals surface area contributed by atoms with E-state index < -0.39 is 18.2 Å². The second-order valence-electron chi connectivity index (χ2n) is 4.66. The van der Waals surface area contributed by atoms with Crippen molar-refractivity contribution in [3.63, 3.8) is 0 Å². The van der Waals surface area contributed by atoms with E-state index in [2.05, 4.69) is 5.32 Å². The number of carboxylic acids is 1. The van der Waals surface area contributed by atoms with Crippen LogP contribution in [0.4, 0.5) is 0 Å². The van der Waals surface area contributed by atoms with Gasteiger partial charge < -0.3 is 20.6 Å².